The van der Waals surface area contributed by atoms with Crippen molar-refractivity contribution in [2.75, 3.05) is 20.2 Å². The molecular formula is C16H23NO4. The number of hydrogen-bond donors (Lipinski definition) is 1. The van der Waals surface area contributed by atoms with Crippen molar-refractivity contribution in [3.63, 3.8) is 0 Å². The molecule has 1 spiro atoms. The number of likely N-dealkylation sites (tertiary alicyclic amines) is 1. The van der Waals surface area contributed by atoms with Crippen molar-refractivity contribution < 1.29 is 19.1 Å². The number of ether oxygens (including phenoxy) is 1. The monoisotopic (exact) mass is 293 g/mol. The van der Waals surface area contributed by atoms with Crippen molar-refractivity contribution in [3.8, 4) is 0 Å². The van der Waals surface area contributed by atoms with E-state index in [2.05, 4.69) is 0 Å². The van der Waals surface area contributed by atoms with Crippen molar-refractivity contribution in [2.24, 2.45) is 5.41 Å². The molecule has 5 nitrogen and oxygen atoms in total. The number of furan rings is 1. The Hall–Kier alpha value is -1.33. The van der Waals surface area contributed by atoms with E-state index in [-0.39, 0.29) is 23.5 Å². The van der Waals surface area contributed by atoms with Crippen LogP contribution in [0.1, 0.15) is 31.4 Å². The van der Waals surface area contributed by atoms with Crippen LogP contribution in [-0.2, 0) is 16.0 Å². The van der Waals surface area contributed by atoms with E-state index in [1.165, 1.54) is 0 Å². The van der Waals surface area contributed by atoms with Gasteiger partial charge >= 0.3 is 0 Å². The second-order valence-electron chi connectivity index (χ2n) is 6.17. The van der Waals surface area contributed by atoms with E-state index in [1.54, 1.807) is 13.4 Å². The van der Waals surface area contributed by atoms with Gasteiger partial charge in [0.1, 0.15) is 5.76 Å². The molecule has 0 bridgehead atoms. The summed E-state index contributed by atoms with van der Waals surface area (Å²) in [6.07, 6.45) is 5.03. The van der Waals surface area contributed by atoms with Gasteiger partial charge in [-0.15, -0.1) is 0 Å². The fourth-order valence-electron chi connectivity index (χ4n) is 3.73. The Balaban J connectivity index is 1.50. The van der Waals surface area contributed by atoms with E-state index in [1.807, 2.05) is 17.0 Å². The molecule has 2 heterocycles. The number of amides is 1. The van der Waals surface area contributed by atoms with Gasteiger partial charge < -0.3 is 19.2 Å². The first-order chi connectivity index (χ1) is 10.2. The first-order valence-electron chi connectivity index (χ1n) is 7.67. The molecule has 21 heavy (non-hydrogen) atoms. The molecule has 0 radical (unpaired) electrons. The van der Waals surface area contributed by atoms with Crippen molar-refractivity contribution in [1.29, 1.82) is 0 Å². The number of piperidine rings is 1. The van der Waals surface area contributed by atoms with Gasteiger partial charge in [0.15, 0.2) is 0 Å². The molecule has 3 rings (SSSR count). The normalized spacial score (nSPS) is 27.6. The number of nitrogens with zero attached hydrogens (tertiary/aromatic N) is 1. The van der Waals surface area contributed by atoms with E-state index in [9.17, 15) is 9.90 Å². The topological polar surface area (TPSA) is 62.9 Å². The number of aliphatic hydroxyl groups excluding tert-OH is 1. The summed E-state index contributed by atoms with van der Waals surface area (Å²) in [7, 11) is 1.71. The zero-order valence-corrected chi connectivity index (χ0v) is 12.5. The van der Waals surface area contributed by atoms with Gasteiger partial charge in [0.2, 0.25) is 5.91 Å². The highest BCUT2D eigenvalue weighted by molar-refractivity contribution is 5.76. The maximum Gasteiger partial charge on any atom is 0.223 e. The first kappa shape index (κ1) is 14.6. The minimum absolute atomic E-state index is 0.119. The molecule has 116 valence electrons. The predicted octanol–water partition coefficient (Wildman–Crippen LogP) is 1.60. The Morgan fingerprint density at radius 1 is 1.52 bits per heavy atom. The van der Waals surface area contributed by atoms with Crippen LogP contribution in [0.15, 0.2) is 22.8 Å². The number of aliphatic hydroxyl groups is 1. The minimum atomic E-state index is -0.275. The highest BCUT2D eigenvalue weighted by Crippen LogP contribution is 2.50. The number of rotatable bonds is 4. The summed E-state index contributed by atoms with van der Waals surface area (Å²) < 4.78 is 10.7. The average Bonchev–Trinajstić information content (AvgIpc) is 3.03. The van der Waals surface area contributed by atoms with Gasteiger partial charge in [0, 0.05) is 44.9 Å². The molecule has 5 heteroatoms. The molecule has 2 fully saturated rings. The third kappa shape index (κ3) is 2.60. The van der Waals surface area contributed by atoms with Gasteiger partial charge in [-0.25, -0.2) is 0 Å². The molecule has 2 atom stereocenters. The maximum absolute atomic E-state index is 12.2. The van der Waals surface area contributed by atoms with Gasteiger partial charge in [0.05, 0.1) is 18.5 Å². The Morgan fingerprint density at radius 2 is 2.29 bits per heavy atom. The van der Waals surface area contributed by atoms with E-state index in [0.29, 0.717) is 25.9 Å². The van der Waals surface area contributed by atoms with Crippen molar-refractivity contribution in [1.82, 2.24) is 4.90 Å². The van der Waals surface area contributed by atoms with Crippen LogP contribution in [0.3, 0.4) is 0 Å². The fourth-order valence-corrected chi connectivity index (χ4v) is 3.73. The molecule has 1 aliphatic heterocycles. The number of carbonyl (C=O) groups excluding carboxylic acids is 1. The van der Waals surface area contributed by atoms with Gasteiger partial charge in [-0.1, -0.05) is 0 Å². The smallest absolute Gasteiger partial charge is 0.223 e. The highest BCUT2D eigenvalue weighted by atomic mass is 16.5. The van der Waals surface area contributed by atoms with E-state index in [0.717, 1.165) is 25.0 Å². The van der Waals surface area contributed by atoms with Gasteiger partial charge in [-0.3, -0.25) is 4.79 Å². The quantitative estimate of drug-likeness (QED) is 0.916. The molecule has 1 aliphatic carbocycles. The largest absolute Gasteiger partial charge is 0.469 e. The molecule has 0 aromatic carbocycles. The Bertz CT molecular complexity index is 476. The Labute approximate surface area is 124 Å². The lowest BCUT2D eigenvalue weighted by Crippen LogP contribution is -2.62. The van der Waals surface area contributed by atoms with Gasteiger partial charge in [-0.2, -0.15) is 0 Å². The van der Waals surface area contributed by atoms with E-state index < -0.39 is 0 Å². The molecule has 1 amide bonds. The molecule has 2 aliphatic rings. The highest BCUT2D eigenvalue weighted by Gasteiger charge is 2.56. The third-order valence-corrected chi connectivity index (χ3v) is 5.24. The lowest BCUT2D eigenvalue weighted by molar-refractivity contribution is -0.202. The minimum Gasteiger partial charge on any atom is -0.469 e. The van der Waals surface area contributed by atoms with Gasteiger partial charge in [-0.05, 0) is 25.0 Å². The maximum atomic E-state index is 12.2. The molecule has 1 aromatic rings. The summed E-state index contributed by atoms with van der Waals surface area (Å²) in [5.74, 6) is 1.02. The summed E-state index contributed by atoms with van der Waals surface area (Å²) in [6, 6.07) is 3.74. The second kappa shape index (κ2) is 5.81. The SMILES string of the molecule is CO[C@H]1C[C@@H](O)C12CCN(C(=O)CCc1ccco1)CC2. The van der Waals surface area contributed by atoms with Crippen LogP contribution >= 0.6 is 0 Å². The number of aryl methyl sites for hydroxylation is 1. The van der Waals surface area contributed by atoms with Crippen LogP contribution in [0.4, 0.5) is 0 Å². The zero-order valence-electron chi connectivity index (χ0n) is 12.5. The summed E-state index contributed by atoms with van der Waals surface area (Å²) in [5, 5.41) is 10.1. The second-order valence-corrected chi connectivity index (χ2v) is 6.17. The fraction of sp³-hybridized carbons (Fsp3) is 0.688. The summed E-state index contributed by atoms with van der Waals surface area (Å²) in [6.45, 7) is 1.43. The molecule has 1 saturated carbocycles. The number of carbonyl (C=O) groups is 1. The van der Waals surface area contributed by atoms with Crippen LogP contribution in [0.25, 0.3) is 0 Å². The number of methoxy groups -OCH3 is 1. The van der Waals surface area contributed by atoms with Crippen molar-refractivity contribution >= 4 is 5.91 Å². The summed E-state index contributed by atoms with van der Waals surface area (Å²) in [4.78, 5) is 14.1. The van der Waals surface area contributed by atoms with Crippen LogP contribution < -0.4 is 0 Å². The van der Waals surface area contributed by atoms with Crippen LogP contribution in [-0.4, -0.2) is 48.3 Å². The molecule has 0 unspecified atom stereocenters. The molecule has 1 saturated heterocycles. The number of hydrogen-bond acceptors (Lipinski definition) is 4. The van der Waals surface area contributed by atoms with Crippen LogP contribution in [0.5, 0.6) is 0 Å². The summed E-state index contributed by atoms with van der Waals surface area (Å²) in [5.41, 5.74) is -0.119. The van der Waals surface area contributed by atoms with Crippen molar-refractivity contribution in [2.45, 2.75) is 44.3 Å². The third-order valence-electron chi connectivity index (χ3n) is 5.24. The predicted molar refractivity (Wildman–Crippen MR) is 76.7 cm³/mol. The first-order valence-corrected chi connectivity index (χ1v) is 7.67. The molecular weight excluding hydrogens is 270 g/mol. The lowest BCUT2D eigenvalue weighted by Gasteiger charge is -2.56. The van der Waals surface area contributed by atoms with Crippen LogP contribution in [0, 0.1) is 5.41 Å². The van der Waals surface area contributed by atoms with E-state index in [4.69, 9.17) is 9.15 Å². The van der Waals surface area contributed by atoms with Crippen LogP contribution in [0.2, 0.25) is 0 Å². The van der Waals surface area contributed by atoms with Gasteiger partial charge in [0.25, 0.3) is 0 Å². The lowest BCUT2D eigenvalue weighted by atomic mass is 9.58. The van der Waals surface area contributed by atoms with E-state index >= 15 is 0 Å². The summed E-state index contributed by atoms with van der Waals surface area (Å²) >= 11 is 0. The standard InChI is InChI=1S/C16H23NO4/c1-20-14-11-13(18)16(14)6-8-17(9-7-16)15(19)5-4-12-3-2-10-21-12/h2-3,10,13-14,18H,4-9,11H2,1H3/t13-,14+/m1/s1. The average molecular weight is 293 g/mol. The molecule has 1 N–H and O–H groups in total. The zero-order chi connectivity index (χ0) is 14.9. The Kier molecular flexibility index (Phi) is 4.04. The Morgan fingerprint density at radius 3 is 2.86 bits per heavy atom. The van der Waals surface area contributed by atoms with Crippen molar-refractivity contribution in [3.05, 3.63) is 24.2 Å². The molecule has 1 aromatic heterocycles.